The molecule has 29 heavy (non-hydrogen) atoms. The Labute approximate surface area is 176 Å². The van der Waals surface area contributed by atoms with Gasteiger partial charge in [0.25, 0.3) is 11.8 Å². The fourth-order valence-corrected chi connectivity index (χ4v) is 3.81. The van der Waals surface area contributed by atoms with Crippen LogP contribution < -0.4 is 5.32 Å². The molecular formula is C23H17BrN2O3. The molecule has 1 aliphatic rings. The van der Waals surface area contributed by atoms with E-state index in [9.17, 15) is 14.4 Å². The van der Waals surface area contributed by atoms with Crippen molar-refractivity contribution < 1.29 is 14.4 Å². The minimum absolute atomic E-state index is 0.0173. The van der Waals surface area contributed by atoms with Gasteiger partial charge in [-0.15, -0.1) is 0 Å². The van der Waals surface area contributed by atoms with E-state index in [1.165, 1.54) is 7.05 Å². The number of nitrogens with zero attached hydrogens (tertiary/aromatic N) is 1. The van der Waals surface area contributed by atoms with Crippen LogP contribution in [0.5, 0.6) is 0 Å². The van der Waals surface area contributed by atoms with Crippen molar-refractivity contribution in [3.05, 3.63) is 87.9 Å². The number of amides is 3. The fourth-order valence-electron chi connectivity index (χ4n) is 3.41. The van der Waals surface area contributed by atoms with Gasteiger partial charge in [0.15, 0.2) is 0 Å². The Morgan fingerprint density at radius 3 is 2.38 bits per heavy atom. The van der Waals surface area contributed by atoms with E-state index in [1.807, 2.05) is 48.5 Å². The number of carbonyl (C=O) groups excluding carboxylic acids is 3. The van der Waals surface area contributed by atoms with Crippen molar-refractivity contribution in [2.24, 2.45) is 0 Å². The minimum Gasteiger partial charge on any atom is -0.326 e. The number of hydrogen-bond acceptors (Lipinski definition) is 3. The van der Waals surface area contributed by atoms with E-state index in [0.717, 1.165) is 20.5 Å². The molecule has 1 N–H and O–H groups in total. The van der Waals surface area contributed by atoms with Gasteiger partial charge in [0, 0.05) is 17.2 Å². The summed E-state index contributed by atoms with van der Waals surface area (Å²) in [5, 5.41) is 2.85. The zero-order chi connectivity index (χ0) is 20.5. The van der Waals surface area contributed by atoms with Crippen molar-refractivity contribution in [1.82, 2.24) is 4.90 Å². The quantitative estimate of drug-likeness (QED) is 0.596. The van der Waals surface area contributed by atoms with Gasteiger partial charge in [-0.3, -0.25) is 19.3 Å². The van der Waals surface area contributed by atoms with Gasteiger partial charge >= 0.3 is 0 Å². The van der Waals surface area contributed by atoms with Crippen molar-refractivity contribution in [2.75, 3.05) is 12.4 Å². The molecule has 6 heteroatoms. The maximum atomic E-state index is 12.5. The van der Waals surface area contributed by atoms with Crippen LogP contribution >= 0.6 is 15.9 Å². The van der Waals surface area contributed by atoms with E-state index in [4.69, 9.17) is 0 Å². The molecule has 0 radical (unpaired) electrons. The predicted molar refractivity (Wildman–Crippen MR) is 115 cm³/mol. The third-order valence-corrected chi connectivity index (χ3v) is 5.38. The number of rotatable bonds is 4. The first kappa shape index (κ1) is 19.1. The van der Waals surface area contributed by atoms with Gasteiger partial charge in [-0.2, -0.15) is 0 Å². The molecule has 4 rings (SSSR count). The highest BCUT2D eigenvalue weighted by molar-refractivity contribution is 9.10. The third-order valence-electron chi connectivity index (χ3n) is 4.88. The summed E-state index contributed by atoms with van der Waals surface area (Å²) in [5.41, 5.74) is 4.00. The van der Waals surface area contributed by atoms with Gasteiger partial charge in [0.2, 0.25) is 5.91 Å². The van der Waals surface area contributed by atoms with Crippen LogP contribution in [0.25, 0.3) is 11.1 Å². The third kappa shape index (κ3) is 3.71. The number of halogens is 1. The van der Waals surface area contributed by atoms with E-state index in [-0.39, 0.29) is 24.1 Å². The zero-order valence-corrected chi connectivity index (χ0v) is 17.2. The summed E-state index contributed by atoms with van der Waals surface area (Å²) < 4.78 is 1.00. The number of hydrogen-bond donors (Lipinski definition) is 1. The van der Waals surface area contributed by atoms with Crippen LogP contribution in [0, 0.1) is 0 Å². The maximum Gasteiger partial charge on any atom is 0.261 e. The average Bonchev–Trinajstić information content (AvgIpc) is 2.93. The molecule has 0 aliphatic carbocycles. The van der Waals surface area contributed by atoms with E-state index in [2.05, 4.69) is 21.2 Å². The number of imide groups is 1. The standard InChI is InChI=1S/C23H17BrN2O3/c1-26-22(28)19-7-3-5-16(21(19)23(26)29)13-20(27)25-18-10-8-14(9-11-18)15-4-2-6-17(24)12-15/h2-12H,13H2,1H3,(H,25,27). The molecule has 0 saturated heterocycles. The molecule has 1 heterocycles. The van der Waals surface area contributed by atoms with Crippen molar-refractivity contribution >= 4 is 39.3 Å². The van der Waals surface area contributed by atoms with Crippen LogP contribution in [-0.4, -0.2) is 29.7 Å². The normalized spacial score (nSPS) is 12.8. The molecule has 0 spiro atoms. The summed E-state index contributed by atoms with van der Waals surface area (Å²) in [6, 6.07) is 20.5. The topological polar surface area (TPSA) is 66.5 Å². The van der Waals surface area contributed by atoms with Crippen LogP contribution in [-0.2, 0) is 11.2 Å². The number of carbonyl (C=O) groups is 3. The lowest BCUT2D eigenvalue weighted by Crippen LogP contribution is -2.24. The van der Waals surface area contributed by atoms with Crippen LogP contribution in [0.15, 0.2) is 71.2 Å². The Balaban J connectivity index is 1.49. The average molecular weight is 449 g/mol. The molecule has 0 atom stereocenters. The molecule has 1 aliphatic heterocycles. The molecule has 144 valence electrons. The number of benzene rings is 3. The van der Waals surface area contributed by atoms with Crippen molar-refractivity contribution in [1.29, 1.82) is 0 Å². The predicted octanol–water partition coefficient (Wildman–Crippen LogP) is 4.52. The summed E-state index contributed by atoms with van der Waals surface area (Å²) >= 11 is 3.47. The first-order valence-electron chi connectivity index (χ1n) is 9.04. The lowest BCUT2D eigenvalue weighted by atomic mass is 10.00. The smallest absolute Gasteiger partial charge is 0.261 e. The molecular weight excluding hydrogens is 432 g/mol. The summed E-state index contributed by atoms with van der Waals surface area (Å²) in [5.74, 6) is -0.953. The molecule has 0 aromatic heterocycles. The van der Waals surface area contributed by atoms with E-state index in [0.29, 0.717) is 22.4 Å². The second-order valence-corrected chi connectivity index (χ2v) is 7.74. The second-order valence-electron chi connectivity index (χ2n) is 6.82. The molecule has 3 aromatic rings. The summed E-state index contributed by atoms with van der Waals surface area (Å²) in [4.78, 5) is 38.0. The Hall–Kier alpha value is -3.25. The van der Waals surface area contributed by atoms with Gasteiger partial charge < -0.3 is 5.32 Å². The summed E-state index contributed by atoms with van der Waals surface area (Å²) in [7, 11) is 1.45. The van der Waals surface area contributed by atoms with Gasteiger partial charge in [-0.25, -0.2) is 0 Å². The number of fused-ring (bicyclic) bond motifs is 1. The summed E-state index contributed by atoms with van der Waals surface area (Å²) in [6.07, 6.45) is 0.0173. The maximum absolute atomic E-state index is 12.5. The highest BCUT2D eigenvalue weighted by Gasteiger charge is 2.34. The largest absolute Gasteiger partial charge is 0.326 e. The van der Waals surface area contributed by atoms with E-state index in [1.54, 1.807) is 18.2 Å². The Bertz CT molecular complexity index is 1140. The first-order chi connectivity index (χ1) is 13.9. The van der Waals surface area contributed by atoms with Crippen LogP contribution in [0.4, 0.5) is 5.69 Å². The van der Waals surface area contributed by atoms with Crippen molar-refractivity contribution in [2.45, 2.75) is 6.42 Å². The molecule has 0 saturated carbocycles. The lowest BCUT2D eigenvalue weighted by molar-refractivity contribution is -0.115. The van der Waals surface area contributed by atoms with Crippen LogP contribution in [0.1, 0.15) is 26.3 Å². The minimum atomic E-state index is -0.369. The Kier molecular flexibility index (Phi) is 5.03. The van der Waals surface area contributed by atoms with Gasteiger partial charge in [-0.1, -0.05) is 52.3 Å². The van der Waals surface area contributed by atoms with Crippen molar-refractivity contribution in [3.8, 4) is 11.1 Å². The monoisotopic (exact) mass is 448 g/mol. The molecule has 3 amide bonds. The molecule has 0 unspecified atom stereocenters. The first-order valence-corrected chi connectivity index (χ1v) is 9.83. The fraction of sp³-hybridized carbons (Fsp3) is 0.0870. The number of anilines is 1. The lowest BCUT2D eigenvalue weighted by Gasteiger charge is -2.09. The molecule has 5 nitrogen and oxygen atoms in total. The van der Waals surface area contributed by atoms with Crippen LogP contribution in [0.3, 0.4) is 0 Å². The molecule has 0 bridgehead atoms. The highest BCUT2D eigenvalue weighted by Crippen LogP contribution is 2.26. The Morgan fingerprint density at radius 2 is 1.66 bits per heavy atom. The van der Waals surface area contributed by atoms with E-state index >= 15 is 0 Å². The molecule has 3 aromatic carbocycles. The number of nitrogens with one attached hydrogen (secondary N) is 1. The SMILES string of the molecule is CN1C(=O)c2cccc(CC(=O)Nc3ccc(-c4cccc(Br)c4)cc3)c2C1=O. The van der Waals surface area contributed by atoms with Gasteiger partial charge in [0.05, 0.1) is 17.5 Å². The van der Waals surface area contributed by atoms with E-state index < -0.39 is 0 Å². The Morgan fingerprint density at radius 1 is 0.931 bits per heavy atom. The van der Waals surface area contributed by atoms with Crippen molar-refractivity contribution in [3.63, 3.8) is 0 Å². The van der Waals surface area contributed by atoms with Gasteiger partial charge in [0.1, 0.15) is 0 Å². The van der Waals surface area contributed by atoms with Gasteiger partial charge in [-0.05, 0) is 47.0 Å². The van der Waals surface area contributed by atoms with Crippen LogP contribution in [0.2, 0.25) is 0 Å². The summed E-state index contributed by atoms with van der Waals surface area (Å²) in [6.45, 7) is 0. The second kappa shape index (κ2) is 7.64. The zero-order valence-electron chi connectivity index (χ0n) is 15.6. The highest BCUT2D eigenvalue weighted by atomic mass is 79.9. The molecule has 0 fully saturated rings.